The Morgan fingerprint density at radius 3 is 2.88 bits per heavy atom. The molecule has 0 aromatic heterocycles. The first-order valence-electron chi connectivity index (χ1n) is 4.35. The molecule has 0 bridgehead atoms. The van der Waals surface area contributed by atoms with E-state index in [0.29, 0.717) is 5.33 Å². The summed E-state index contributed by atoms with van der Waals surface area (Å²) in [5.74, 6) is 0.191. The Hall–Kier alpha value is -0.850. The van der Waals surface area contributed by atoms with E-state index < -0.39 is 11.0 Å². The van der Waals surface area contributed by atoms with E-state index in [1.807, 2.05) is 0 Å². The number of nitro benzene ring substituents is 1. The third-order valence-corrected chi connectivity index (χ3v) is 2.79. The zero-order chi connectivity index (χ0) is 12.1. The fourth-order valence-electron chi connectivity index (χ4n) is 0.947. The maximum absolute atomic E-state index is 10.5. The van der Waals surface area contributed by atoms with Gasteiger partial charge in [-0.05, 0) is 6.07 Å². The van der Waals surface area contributed by atoms with Crippen molar-refractivity contribution in [1.29, 1.82) is 0 Å². The first kappa shape index (κ1) is 13.2. The average molecular weight is 311 g/mol. The van der Waals surface area contributed by atoms with Crippen molar-refractivity contribution in [1.82, 2.24) is 0 Å². The van der Waals surface area contributed by atoms with E-state index in [2.05, 4.69) is 15.9 Å². The van der Waals surface area contributed by atoms with E-state index in [4.69, 9.17) is 16.3 Å². The van der Waals surface area contributed by atoms with Gasteiger partial charge in [-0.25, -0.2) is 0 Å². The van der Waals surface area contributed by atoms with Gasteiger partial charge >= 0.3 is 0 Å². The summed E-state index contributed by atoms with van der Waals surface area (Å²) < 4.78 is 5.16. The highest BCUT2D eigenvalue weighted by molar-refractivity contribution is 9.09. The minimum atomic E-state index is -0.685. The van der Waals surface area contributed by atoms with Crippen LogP contribution in [0, 0.1) is 10.1 Å². The minimum absolute atomic E-state index is 0.0200. The van der Waals surface area contributed by atoms with Gasteiger partial charge in [-0.15, -0.1) is 0 Å². The standard InChI is InChI=1S/C9H9BrClNO4/c10-4-7(13)5-16-9-3-6(12(14)15)1-2-8(9)11/h1-3,7,13H,4-5H2. The number of non-ortho nitro benzene ring substituents is 1. The van der Waals surface area contributed by atoms with Crippen LogP contribution < -0.4 is 4.74 Å². The highest BCUT2D eigenvalue weighted by Gasteiger charge is 2.12. The number of aliphatic hydroxyl groups excluding tert-OH is 1. The quantitative estimate of drug-likeness (QED) is 0.515. The lowest BCUT2D eigenvalue weighted by Gasteiger charge is -2.10. The summed E-state index contributed by atoms with van der Waals surface area (Å²) in [6.07, 6.45) is -0.685. The summed E-state index contributed by atoms with van der Waals surface area (Å²) in [6, 6.07) is 3.90. The third kappa shape index (κ3) is 3.62. The Labute approximate surface area is 105 Å². The van der Waals surface area contributed by atoms with Gasteiger partial charge in [0.2, 0.25) is 0 Å². The number of hydrogen-bond donors (Lipinski definition) is 1. The summed E-state index contributed by atoms with van der Waals surface area (Å²) in [7, 11) is 0. The predicted octanol–water partition coefficient (Wildman–Crippen LogP) is 2.38. The molecule has 1 aromatic rings. The number of halogens is 2. The summed E-state index contributed by atoms with van der Waals surface area (Å²) in [6.45, 7) is 0.0200. The molecule has 0 saturated carbocycles. The maximum Gasteiger partial charge on any atom is 0.273 e. The molecule has 0 heterocycles. The molecular weight excluding hydrogens is 301 g/mol. The molecule has 0 radical (unpaired) electrons. The summed E-state index contributed by atoms with van der Waals surface area (Å²) in [5, 5.41) is 20.4. The molecule has 16 heavy (non-hydrogen) atoms. The van der Waals surface area contributed by atoms with Crippen LogP contribution in [-0.2, 0) is 0 Å². The van der Waals surface area contributed by atoms with Crippen LogP contribution in [0.1, 0.15) is 0 Å². The maximum atomic E-state index is 10.5. The van der Waals surface area contributed by atoms with Crippen molar-refractivity contribution < 1.29 is 14.8 Å². The molecule has 0 fully saturated rings. The van der Waals surface area contributed by atoms with Crippen molar-refractivity contribution in [2.45, 2.75) is 6.10 Å². The molecule has 0 saturated heterocycles. The van der Waals surface area contributed by atoms with Crippen LogP contribution in [-0.4, -0.2) is 28.1 Å². The fraction of sp³-hybridized carbons (Fsp3) is 0.333. The van der Waals surface area contributed by atoms with Crippen LogP contribution in [0.25, 0.3) is 0 Å². The SMILES string of the molecule is O=[N+]([O-])c1ccc(Cl)c(OCC(O)CBr)c1. The van der Waals surface area contributed by atoms with Crippen LogP contribution in [0.15, 0.2) is 18.2 Å². The van der Waals surface area contributed by atoms with Crippen molar-refractivity contribution in [3.8, 4) is 5.75 Å². The second kappa shape index (κ2) is 6.03. The minimum Gasteiger partial charge on any atom is -0.489 e. The zero-order valence-electron chi connectivity index (χ0n) is 8.10. The van der Waals surface area contributed by atoms with Gasteiger partial charge in [-0.2, -0.15) is 0 Å². The number of alkyl halides is 1. The highest BCUT2D eigenvalue weighted by Crippen LogP contribution is 2.28. The van der Waals surface area contributed by atoms with E-state index in [1.54, 1.807) is 0 Å². The summed E-state index contributed by atoms with van der Waals surface area (Å²) in [5.41, 5.74) is -0.104. The van der Waals surface area contributed by atoms with E-state index >= 15 is 0 Å². The van der Waals surface area contributed by atoms with Crippen LogP contribution in [0.3, 0.4) is 0 Å². The van der Waals surface area contributed by atoms with Gasteiger partial charge in [0.15, 0.2) is 0 Å². The smallest absolute Gasteiger partial charge is 0.273 e. The Bertz CT molecular complexity index is 388. The molecule has 5 nitrogen and oxygen atoms in total. The number of nitro groups is 1. The van der Waals surface area contributed by atoms with Crippen LogP contribution in [0.5, 0.6) is 5.75 Å². The van der Waals surface area contributed by atoms with Crippen LogP contribution >= 0.6 is 27.5 Å². The van der Waals surface area contributed by atoms with E-state index in [0.717, 1.165) is 0 Å². The predicted molar refractivity (Wildman–Crippen MR) is 63.4 cm³/mol. The lowest BCUT2D eigenvalue weighted by Crippen LogP contribution is -2.18. The van der Waals surface area contributed by atoms with E-state index in [9.17, 15) is 15.2 Å². The monoisotopic (exact) mass is 309 g/mol. The van der Waals surface area contributed by atoms with E-state index in [-0.39, 0.29) is 23.1 Å². The fourth-order valence-corrected chi connectivity index (χ4v) is 1.31. The molecular formula is C9H9BrClNO4. The van der Waals surface area contributed by atoms with Gasteiger partial charge in [0.05, 0.1) is 22.1 Å². The third-order valence-electron chi connectivity index (χ3n) is 1.73. The molecule has 1 N–H and O–H groups in total. The first-order valence-corrected chi connectivity index (χ1v) is 5.85. The Morgan fingerprint density at radius 2 is 2.31 bits per heavy atom. The average Bonchev–Trinajstić information content (AvgIpc) is 2.27. The van der Waals surface area contributed by atoms with Crippen LogP contribution in [0.4, 0.5) is 5.69 Å². The van der Waals surface area contributed by atoms with Gasteiger partial charge in [0, 0.05) is 11.4 Å². The van der Waals surface area contributed by atoms with Crippen molar-refractivity contribution in [3.05, 3.63) is 33.3 Å². The van der Waals surface area contributed by atoms with Crippen molar-refractivity contribution >= 4 is 33.2 Å². The van der Waals surface area contributed by atoms with Gasteiger partial charge < -0.3 is 9.84 Å². The van der Waals surface area contributed by atoms with Gasteiger partial charge in [-0.3, -0.25) is 10.1 Å². The van der Waals surface area contributed by atoms with Crippen LogP contribution in [0.2, 0.25) is 5.02 Å². The molecule has 1 rings (SSSR count). The normalized spacial score (nSPS) is 12.2. The molecule has 0 amide bonds. The number of rotatable bonds is 5. The number of aliphatic hydroxyl groups is 1. The molecule has 7 heteroatoms. The Kier molecular flexibility index (Phi) is 4.98. The molecule has 0 spiro atoms. The molecule has 1 unspecified atom stereocenters. The summed E-state index contributed by atoms with van der Waals surface area (Å²) >= 11 is 8.86. The van der Waals surface area contributed by atoms with Gasteiger partial charge in [0.25, 0.3) is 5.69 Å². The second-order valence-corrected chi connectivity index (χ2v) is 4.05. The second-order valence-electron chi connectivity index (χ2n) is 2.99. The molecule has 0 aliphatic heterocycles. The molecule has 1 atom stereocenters. The largest absolute Gasteiger partial charge is 0.489 e. The van der Waals surface area contributed by atoms with Gasteiger partial charge in [-0.1, -0.05) is 27.5 Å². The Morgan fingerprint density at radius 1 is 1.62 bits per heavy atom. The van der Waals surface area contributed by atoms with Crippen molar-refractivity contribution in [2.24, 2.45) is 0 Å². The lowest BCUT2D eigenvalue weighted by molar-refractivity contribution is -0.384. The molecule has 1 aromatic carbocycles. The van der Waals surface area contributed by atoms with E-state index in [1.165, 1.54) is 18.2 Å². The first-order chi connectivity index (χ1) is 7.54. The topological polar surface area (TPSA) is 72.6 Å². The number of benzene rings is 1. The highest BCUT2D eigenvalue weighted by atomic mass is 79.9. The molecule has 0 aliphatic carbocycles. The van der Waals surface area contributed by atoms with Gasteiger partial charge in [0.1, 0.15) is 12.4 Å². The zero-order valence-corrected chi connectivity index (χ0v) is 10.4. The molecule has 0 aliphatic rings. The van der Waals surface area contributed by atoms with Crippen molar-refractivity contribution in [3.63, 3.8) is 0 Å². The van der Waals surface area contributed by atoms with Crippen molar-refractivity contribution in [2.75, 3.05) is 11.9 Å². The molecule has 88 valence electrons. The number of ether oxygens (including phenoxy) is 1. The number of nitrogens with zero attached hydrogens (tertiary/aromatic N) is 1. The Balaban J connectivity index is 2.78. The number of hydrogen-bond acceptors (Lipinski definition) is 4. The lowest BCUT2D eigenvalue weighted by atomic mass is 10.3. The summed E-state index contributed by atoms with van der Waals surface area (Å²) in [4.78, 5) is 9.97.